The Morgan fingerprint density at radius 2 is 1.53 bits per heavy atom. The van der Waals surface area contributed by atoms with E-state index in [0.717, 1.165) is 78.7 Å². The van der Waals surface area contributed by atoms with Crippen molar-refractivity contribution in [2.75, 3.05) is 13.1 Å². The molecule has 2 aliphatic heterocycles. The molecule has 2 aromatic rings. The SMILES string of the molecule is C[C@H]1[C@@H](CN2CCC[C@H]2C(=O)OC(C)(C)C)O[C@@H](c2ccc(CNC(=O)NC34CC5CC(CC(C5)C3)C4)cc2)O[C@H]1c1ccc(CO)cc1. The minimum Gasteiger partial charge on any atom is -0.459 e. The van der Waals surface area contributed by atoms with E-state index in [1.807, 2.05) is 69.3 Å². The minimum atomic E-state index is -0.604. The number of urea groups is 1. The number of amides is 2. The molecule has 0 radical (unpaired) electrons. The highest BCUT2D eigenvalue weighted by Crippen LogP contribution is 2.55. The van der Waals surface area contributed by atoms with Crippen LogP contribution in [0.3, 0.4) is 0 Å². The Kier molecular flexibility index (Phi) is 9.83. The number of hydrogen-bond acceptors (Lipinski definition) is 7. The number of nitrogens with one attached hydrogen (secondary N) is 2. The number of rotatable bonds is 9. The second-order valence-corrected chi connectivity index (χ2v) is 16.8. The largest absolute Gasteiger partial charge is 0.459 e. The van der Waals surface area contributed by atoms with Crippen molar-refractivity contribution in [2.45, 2.75) is 128 Å². The molecular weight excluding hydrogens is 618 g/mol. The Balaban J connectivity index is 1.02. The first-order valence-electron chi connectivity index (χ1n) is 18.6. The van der Waals surface area contributed by atoms with Gasteiger partial charge < -0.3 is 30.0 Å². The summed E-state index contributed by atoms with van der Waals surface area (Å²) in [6.45, 7) is 9.72. The van der Waals surface area contributed by atoms with E-state index in [-0.39, 0.29) is 48.3 Å². The summed E-state index contributed by atoms with van der Waals surface area (Å²) in [4.78, 5) is 28.4. The third kappa shape index (κ3) is 7.85. The van der Waals surface area contributed by atoms with Crippen LogP contribution >= 0.6 is 0 Å². The molecular formula is C40H55N3O6. The number of aliphatic hydroxyl groups is 1. The number of likely N-dealkylation sites (tertiary alicyclic amines) is 1. The molecule has 5 atom stereocenters. The molecule has 2 aromatic carbocycles. The van der Waals surface area contributed by atoms with Gasteiger partial charge in [0, 0.05) is 30.1 Å². The summed E-state index contributed by atoms with van der Waals surface area (Å²) in [7, 11) is 0. The summed E-state index contributed by atoms with van der Waals surface area (Å²) < 4.78 is 19.2. The molecule has 4 aliphatic carbocycles. The zero-order valence-electron chi connectivity index (χ0n) is 29.7. The number of carbonyl (C=O) groups is 2. The third-order valence-electron chi connectivity index (χ3n) is 11.7. The van der Waals surface area contributed by atoms with Crippen molar-refractivity contribution < 1.29 is 28.9 Å². The van der Waals surface area contributed by atoms with Crippen molar-refractivity contribution in [3.8, 4) is 0 Å². The van der Waals surface area contributed by atoms with E-state index in [1.54, 1.807) is 0 Å². The lowest BCUT2D eigenvalue weighted by atomic mass is 9.53. The number of benzene rings is 2. The van der Waals surface area contributed by atoms with Gasteiger partial charge in [0.1, 0.15) is 11.6 Å². The fraction of sp³-hybridized carbons (Fsp3) is 0.650. The Labute approximate surface area is 291 Å². The van der Waals surface area contributed by atoms with Gasteiger partial charge in [-0.3, -0.25) is 9.69 Å². The van der Waals surface area contributed by atoms with Crippen LogP contribution in [-0.2, 0) is 32.2 Å². The number of hydrogen-bond donors (Lipinski definition) is 3. The fourth-order valence-corrected chi connectivity index (χ4v) is 9.76. The summed E-state index contributed by atoms with van der Waals surface area (Å²) in [5.74, 6) is 2.19. The van der Waals surface area contributed by atoms with Crippen molar-refractivity contribution in [1.82, 2.24) is 15.5 Å². The number of carbonyl (C=O) groups excluding carboxylic acids is 2. The summed E-state index contributed by atoms with van der Waals surface area (Å²) in [5, 5.41) is 16.1. The molecule has 3 N–H and O–H groups in total. The maximum atomic E-state index is 13.1. The van der Waals surface area contributed by atoms with E-state index < -0.39 is 11.9 Å². The molecule has 0 aromatic heterocycles. The van der Waals surface area contributed by atoms with Crippen LogP contribution in [0, 0.1) is 23.7 Å². The quantitative estimate of drug-likeness (QED) is 0.259. The van der Waals surface area contributed by atoms with Crippen molar-refractivity contribution in [3.63, 3.8) is 0 Å². The maximum absolute atomic E-state index is 13.1. The Bertz CT molecular complexity index is 1440. The monoisotopic (exact) mass is 673 g/mol. The Hall–Kier alpha value is -2.98. The summed E-state index contributed by atoms with van der Waals surface area (Å²) in [6.07, 6.45) is 8.13. The van der Waals surface area contributed by atoms with Crippen LogP contribution in [-0.4, -0.2) is 58.4 Å². The predicted octanol–water partition coefficient (Wildman–Crippen LogP) is 6.54. The predicted molar refractivity (Wildman–Crippen MR) is 186 cm³/mol. The van der Waals surface area contributed by atoms with E-state index >= 15 is 0 Å². The lowest BCUT2D eigenvalue weighted by molar-refractivity contribution is -0.276. The molecule has 9 nitrogen and oxygen atoms in total. The number of nitrogens with zero attached hydrogens (tertiary/aromatic N) is 1. The Morgan fingerprint density at radius 1 is 0.918 bits per heavy atom. The van der Waals surface area contributed by atoms with Gasteiger partial charge in [-0.15, -0.1) is 0 Å². The molecule has 4 bridgehead atoms. The molecule has 49 heavy (non-hydrogen) atoms. The molecule has 2 saturated heterocycles. The maximum Gasteiger partial charge on any atom is 0.323 e. The zero-order valence-corrected chi connectivity index (χ0v) is 29.7. The average molecular weight is 674 g/mol. The van der Waals surface area contributed by atoms with E-state index in [0.29, 0.717) is 13.1 Å². The Morgan fingerprint density at radius 3 is 2.14 bits per heavy atom. The van der Waals surface area contributed by atoms with Gasteiger partial charge in [0.05, 0.1) is 18.8 Å². The molecule has 6 aliphatic rings. The lowest BCUT2D eigenvalue weighted by Crippen LogP contribution is -2.61. The molecule has 8 rings (SSSR count). The highest BCUT2D eigenvalue weighted by molar-refractivity contribution is 5.76. The van der Waals surface area contributed by atoms with Gasteiger partial charge >= 0.3 is 12.0 Å². The number of aliphatic hydroxyl groups excluding tert-OH is 1. The van der Waals surface area contributed by atoms with Crippen LogP contribution in [0.5, 0.6) is 0 Å². The molecule has 0 unspecified atom stereocenters. The van der Waals surface area contributed by atoms with Crippen LogP contribution in [0.15, 0.2) is 48.5 Å². The van der Waals surface area contributed by atoms with Crippen molar-refractivity contribution in [2.24, 2.45) is 23.7 Å². The van der Waals surface area contributed by atoms with Gasteiger partial charge in [-0.25, -0.2) is 4.79 Å². The molecule has 6 fully saturated rings. The van der Waals surface area contributed by atoms with E-state index in [1.165, 1.54) is 19.3 Å². The number of esters is 1. The van der Waals surface area contributed by atoms with Crippen molar-refractivity contribution in [1.29, 1.82) is 0 Å². The normalized spacial score (nSPS) is 34.1. The number of ether oxygens (including phenoxy) is 3. The standard InChI is InChI=1S/C40H55N3O6/c1-25-34(23-43-15-5-6-33(43)36(45)49-39(2,3)4)47-37(48-35(25)31-11-9-27(24-44)10-12-31)32-13-7-26(8-14-32)22-41-38(46)42-40-19-28-16-29(20-40)18-30(17-28)21-40/h7-14,25,28-30,33-35,37,44H,5-6,15-24H2,1-4H3,(H2,41,42,46)/t25-,28?,29?,30?,33-,34+,35+,37+,40?/m0/s1. The lowest BCUT2D eigenvalue weighted by Gasteiger charge is -2.56. The first-order valence-corrected chi connectivity index (χ1v) is 18.6. The summed E-state index contributed by atoms with van der Waals surface area (Å²) >= 11 is 0. The van der Waals surface area contributed by atoms with Gasteiger partial charge in [-0.2, -0.15) is 0 Å². The third-order valence-corrected chi connectivity index (χ3v) is 11.7. The fourth-order valence-electron chi connectivity index (χ4n) is 9.76. The average Bonchev–Trinajstić information content (AvgIpc) is 3.52. The van der Waals surface area contributed by atoms with E-state index in [4.69, 9.17) is 14.2 Å². The highest BCUT2D eigenvalue weighted by atomic mass is 16.7. The molecule has 2 heterocycles. The van der Waals surface area contributed by atoms with Gasteiger partial charge in [0.15, 0.2) is 6.29 Å². The second-order valence-electron chi connectivity index (χ2n) is 16.8. The van der Waals surface area contributed by atoms with Gasteiger partial charge in [-0.1, -0.05) is 55.5 Å². The van der Waals surface area contributed by atoms with Crippen molar-refractivity contribution in [3.05, 3.63) is 70.8 Å². The first-order chi connectivity index (χ1) is 23.5. The summed E-state index contributed by atoms with van der Waals surface area (Å²) in [5.41, 5.74) is 3.25. The van der Waals surface area contributed by atoms with E-state index in [9.17, 15) is 14.7 Å². The zero-order chi connectivity index (χ0) is 34.3. The van der Waals surface area contributed by atoms with Crippen LogP contribution in [0.25, 0.3) is 0 Å². The topological polar surface area (TPSA) is 109 Å². The van der Waals surface area contributed by atoms with Crippen LogP contribution in [0.1, 0.15) is 114 Å². The molecule has 0 spiro atoms. The molecule has 4 saturated carbocycles. The smallest absolute Gasteiger partial charge is 0.323 e. The first kappa shape index (κ1) is 34.5. The molecule has 266 valence electrons. The molecule has 2 amide bonds. The highest BCUT2D eigenvalue weighted by Gasteiger charge is 2.51. The van der Waals surface area contributed by atoms with Crippen LogP contribution < -0.4 is 10.6 Å². The van der Waals surface area contributed by atoms with Crippen LogP contribution in [0.2, 0.25) is 0 Å². The van der Waals surface area contributed by atoms with E-state index in [2.05, 4.69) is 22.5 Å². The van der Waals surface area contributed by atoms with Crippen molar-refractivity contribution >= 4 is 12.0 Å². The minimum absolute atomic E-state index is 0.00655. The summed E-state index contributed by atoms with van der Waals surface area (Å²) in [6, 6.07) is 15.7. The van der Waals surface area contributed by atoms with Gasteiger partial charge in [-0.05, 0) is 113 Å². The van der Waals surface area contributed by atoms with Gasteiger partial charge in [0.25, 0.3) is 0 Å². The van der Waals surface area contributed by atoms with Crippen LogP contribution in [0.4, 0.5) is 4.79 Å². The second kappa shape index (κ2) is 14.0. The van der Waals surface area contributed by atoms with Gasteiger partial charge in [0.2, 0.25) is 0 Å². The molecule has 9 heteroatoms.